The van der Waals surface area contributed by atoms with E-state index in [1.807, 2.05) is 36.1 Å². The van der Waals surface area contributed by atoms with Crippen LogP contribution < -0.4 is 10.6 Å². The zero-order valence-electron chi connectivity index (χ0n) is 17.5. The predicted octanol–water partition coefficient (Wildman–Crippen LogP) is 2.74. The molecule has 2 saturated heterocycles. The van der Waals surface area contributed by atoms with Crippen molar-refractivity contribution in [2.24, 2.45) is 5.92 Å². The number of rotatable bonds is 5. The lowest BCUT2D eigenvalue weighted by atomic mass is 9.74. The van der Waals surface area contributed by atoms with Crippen LogP contribution in [-0.4, -0.2) is 41.4 Å². The monoisotopic (exact) mass is 423 g/mol. The molecule has 0 aliphatic carbocycles. The molecule has 0 spiro atoms. The molecule has 2 aliphatic rings. The van der Waals surface area contributed by atoms with E-state index in [0.717, 1.165) is 11.1 Å². The number of amides is 4. The van der Waals surface area contributed by atoms with Gasteiger partial charge < -0.3 is 10.2 Å². The number of hydrogen-bond donors (Lipinski definition) is 2. The average molecular weight is 423 g/mol. The summed E-state index contributed by atoms with van der Waals surface area (Å²) in [4.78, 5) is 39.4. The number of carbonyl (C=O) groups is 3. The van der Waals surface area contributed by atoms with Crippen molar-refractivity contribution in [3.05, 3.63) is 71.0 Å². The van der Waals surface area contributed by atoms with Crippen molar-refractivity contribution < 1.29 is 18.8 Å². The van der Waals surface area contributed by atoms with Crippen molar-refractivity contribution in [1.29, 1.82) is 0 Å². The van der Waals surface area contributed by atoms with Gasteiger partial charge in [-0.25, -0.2) is 9.18 Å². The van der Waals surface area contributed by atoms with Gasteiger partial charge >= 0.3 is 6.03 Å². The van der Waals surface area contributed by atoms with Gasteiger partial charge in [0.25, 0.3) is 5.91 Å². The normalized spacial score (nSPS) is 21.7. The molecule has 1 atom stereocenters. The van der Waals surface area contributed by atoms with Crippen molar-refractivity contribution in [2.45, 2.75) is 38.1 Å². The van der Waals surface area contributed by atoms with Gasteiger partial charge in [0.15, 0.2) is 0 Å². The molecule has 0 bridgehead atoms. The van der Waals surface area contributed by atoms with Crippen LogP contribution in [0.5, 0.6) is 0 Å². The van der Waals surface area contributed by atoms with Gasteiger partial charge in [-0.1, -0.05) is 48.0 Å². The molecule has 4 amide bonds. The largest absolute Gasteiger partial charge is 0.342 e. The summed E-state index contributed by atoms with van der Waals surface area (Å²) in [5.41, 5.74) is 1.27. The first-order valence-electron chi connectivity index (χ1n) is 10.6. The molecule has 2 aliphatic heterocycles. The second-order valence-corrected chi connectivity index (χ2v) is 8.47. The Balaban J connectivity index is 1.47. The van der Waals surface area contributed by atoms with Gasteiger partial charge in [-0.05, 0) is 42.9 Å². The van der Waals surface area contributed by atoms with E-state index in [4.69, 9.17) is 0 Å². The molecular weight excluding hydrogens is 397 g/mol. The van der Waals surface area contributed by atoms with Crippen molar-refractivity contribution in [1.82, 2.24) is 15.5 Å². The number of benzene rings is 2. The number of carbonyl (C=O) groups excluding carboxylic acids is 3. The van der Waals surface area contributed by atoms with Crippen LogP contribution in [0.4, 0.5) is 9.18 Å². The number of likely N-dealkylation sites (tertiary alicyclic amines) is 1. The molecule has 2 aromatic carbocycles. The predicted molar refractivity (Wildman–Crippen MR) is 114 cm³/mol. The number of halogens is 1. The van der Waals surface area contributed by atoms with Gasteiger partial charge in [0.05, 0.1) is 6.42 Å². The van der Waals surface area contributed by atoms with Gasteiger partial charge in [0.1, 0.15) is 11.4 Å². The topological polar surface area (TPSA) is 78.5 Å². The summed E-state index contributed by atoms with van der Waals surface area (Å²) in [5, 5.41) is 5.11. The smallest absolute Gasteiger partial charge is 0.322 e. The van der Waals surface area contributed by atoms with Crippen molar-refractivity contribution in [3.63, 3.8) is 0 Å². The van der Waals surface area contributed by atoms with E-state index in [1.165, 1.54) is 6.07 Å². The molecule has 31 heavy (non-hydrogen) atoms. The Morgan fingerprint density at radius 2 is 1.87 bits per heavy atom. The quantitative estimate of drug-likeness (QED) is 0.726. The molecule has 2 heterocycles. The molecule has 6 nitrogen and oxygen atoms in total. The van der Waals surface area contributed by atoms with Crippen LogP contribution in [0.25, 0.3) is 0 Å². The fourth-order valence-electron chi connectivity index (χ4n) is 4.73. The Labute approximate surface area is 180 Å². The molecule has 0 aromatic heterocycles. The van der Waals surface area contributed by atoms with E-state index in [9.17, 15) is 18.8 Å². The molecular formula is C24H26FN3O3. The number of urea groups is 1. The summed E-state index contributed by atoms with van der Waals surface area (Å²) in [6.45, 7) is 2.99. The molecule has 162 valence electrons. The first-order chi connectivity index (χ1) is 14.9. The number of aryl methyl sites for hydroxylation is 1. The molecule has 2 aromatic rings. The van der Waals surface area contributed by atoms with Gasteiger partial charge in [0, 0.05) is 19.5 Å². The van der Waals surface area contributed by atoms with Crippen molar-refractivity contribution >= 4 is 17.8 Å². The average Bonchev–Trinajstić information content (AvgIpc) is 3.03. The third kappa shape index (κ3) is 4.31. The molecule has 4 rings (SSSR count). The van der Waals surface area contributed by atoms with Gasteiger partial charge in [-0.15, -0.1) is 0 Å². The number of hydrogen-bond acceptors (Lipinski definition) is 3. The Bertz CT molecular complexity index is 1020. The first kappa shape index (κ1) is 21.0. The lowest BCUT2D eigenvalue weighted by Gasteiger charge is -2.40. The van der Waals surface area contributed by atoms with Crippen molar-refractivity contribution in [3.8, 4) is 0 Å². The first-order valence-corrected chi connectivity index (χ1v) is 10.6. The number of nitrogens with zero attached hydrogens (tertiary/aromatic N) is 1. The summed E-state index contributed by atoms with van der Waals surface area (Å²) in [6.07, 6.45) is 1.53. The number of nitrogens with one attached hydrogen (secondary N) is 2. The third-order valence-electron chi connectivity index (χ3n) is 6.38. The van der Waals surface area contributed by atoms with Crippen LogP contribution in [0, 0.1) is 18.7 Å². The maximum Gasteiger partial charge on any atom is 0.322 e. The lowest BCUT2D eigenvalue weighted by molar-refractivity contribution is -0.133. The molecule has 0 saturated carbocycles. The highest BCUT2D eigenvalue weighted by atomic mass is 19.1. The zero-order chi connectivity index (χ0) is 22.0. The zero-order valence-corrected chi connectivity index (χ0v) is 17.5. The van der Waals surface area contributed by atoms with Gasteiger partial charge in [-0.2, -0.15) is 0 Å². The minimum Gasteiger partial charge on any atom is -0.342 e. The molecule has 7 heteroatoms. The highest BCUT2D eigenvalue weighted by molar-refractivity contribution is 6.07. The molecule has 2 N–H and O–H groups in total. The van der Waals surface area contributed by atoms with E-state index in [-0.39, 0.29) is 18.2 Å². The maximum absolute atomic E-state index is 14.3. The van der Waals surface area contributed by atoms with E-state index in [2.05, 4.69) is 10.6 Å². The van der Waals surface area contributed by atoms with Gasteiger partial charge in [-0.3, -0.25) is 14.9 Å². The third-order valence-corrected chi connectivity index (χ3v) is 6.38. The van der Waals surface area contributed by atoms with Crippen LogP contribution in [0.3, 0.4) is 0 Å². The van der Waals surface area contributed by atoms with Crippen molar-refractivity contribution in [2.75, 3.05) is 13.1 Å². The molecule has 1 unspecified atom stereocenters. The fraction of sp³-hybridized carbons (Fsp3) is 0.375. The van der Waals surface area contributed by atoms with Gasteiger partial charge in [0.2, 0.25) is 5.91 Å². The highest BCUT2D eigenvalue weighted by Gasteiger charge is 2.52. The lowest BCUT2D eigenvalue weighted by Crippen LogP contribution is -2.58. The van der Waals surface area contributed by atoms with Crippen LogP contribution in [0.1, 0.15) is 29.5 Å². The van der Waals surface area contributed by atoms with E-state index >= 15 is 0 Å². The maximum atomic E-state index is 14.3. The summed E-state index contributed by atoms with van der Waals surface area (Å²) in [7, 11) is 0. The summed E-state index contributed by atoms with van der Waals surface area (Å²) in [6, 6.07) is 13.6. The molecule has 2 fully saturated rings. The summed E-state index contributed by atoms with van der Waals surface area (Å²) < 4.78 is 14.3. The minimum atomic E-state index is -1.20. The standard InChI is InChI=1S/C24H26FN3O3/c1-16-5-4-6-17(13-16)14-21(29)28-11-9-19(10-12-28)24(22(30)26-23(31)27-24)15-18-7-2-3-8-20(18)25/h2-8,13,19H,9-12,14-15H2,1H3,(H2,26,27,30,31). The van der Waals surface area contributed by atoms with Crippen LogP contribution in [0.2, 0.25) is 0 Å². The summed E-state index contributed by atoms with van der Waals surface area (Å²) in [5.74, 6) is -0.972. The number of imide groups is 1. The van der Waals surface area contributed by atoms with Crippen LogP contribution in [0.15, 0.2) is 48.5 Å². The Morgan fingerprint density at radius 1 is 1.13 bits per heavy atom. The van der Waals surface area contributed by atoms with E-state index < -0.39 is 23.3 Å². The van der Waals surface area contributed by atoms with E-state index in [0.29, 0.717) is 37.9 Å². The second kappa shape index (κ2) is 8.49. The SMILES string of the molecule is Cc1cccc(CC(=O)N2CCC(C3(Cc4ccccc4F)NC(=O)NC3=O)CC2)c1. The second-order valence-electron chi connectivity index (χ2n) is 8.47. The van der Waals surface area contributed by atoms with E-state index in [1.54, 1.807) is 18.2 Å². The minimum absolute atomic E-state index is 0.0483. The summed E-state index contributed by atoms with van der Waals surface area (Å²) >= 11 is 0. The fourth-order valence-corrected chi connectivity index (χ4v) is 4.73. The van der Waals surface area contributed by atoms with Crippen LogP contribution in [-0.2, 0) is 22.4 Å². The molecule has 0 radical (unpaired) electrons. The van der Waals surface area contributed by atoms with Crippen LogP contribution >= 0.6 is 0 Å². The Hall–Kier alpha value is -3.22. The Morgan fingerprint density at radius 3 is 2.52 bits per heavy atom. The number of piperidine rings is 1. The highest BCUT2D eigenvalue weighted by Crippen LogP contribution is 2.34. The Kier molecular flexibility index (Phi) is 5.76.